The molecule has 1 aromatic carbocycles. The number of hydrogen-bond donors (Lipinski definition) is 0. The number of carbonyl (C=O) groups is 1. The van der Waals surface area contributed by atoms with Crippen LogP contribution in [0.4, 0.5) is 5.69 Å². The number of benzene rings is 1. The van der Waals surface area contributed by atoms with Gasteiger partial charge in [0.05, 0.1) is 18.5 Å². The van der Waals surface area contributed by atoms with Crippen molar-refractivity contribution < 1.29 is 4.79 Å². The van der Waals surface area contributed by atoms with Gasteiger partial charge in [0, 0.05) is 31.4 Å². The number of nitrogens with zero attached hydrogens (tertiary/aromatic N) is 4. The summed E-state index contributed by atoms with van der Waals surface area (Å²) in [5.41, 5.74) is 0.868. The van der Waals surface area contributed by atoms with E-state index in [1.807, 2.05) is 37.3 Å². The molecule has 24 heavy (non-hydrogen) atoms. The second-order valence-corrected chi connectivity index (χ2v) is 6.64. The van der Waals surface area contributed by atoms with E-state index in [2.05, 4.69) is 30.0 Å². The molecule has 5 heteroatoms. The van der Waals surface area contributed by atoms with Gasteiger partial charge in [0.25, 0.3) is 0 Å². The van der Waals surface area contributed by atoms with Gasteiger partial charge in [0.2, 0.25) is 5.91 Å². The summed E-state index contributed by atoms with van der Waals surface area (Å²) in [5, 5.41) is 8.91. The standard InChI is InChI=1S/C19H28N4O/c1-16(22-14-10-17(11-15-22)21(2)3)19(24)23(13-7-12-20)18-8-5-4-6-9-18/h4-6,8-9,16-17H,7,10-11,13-15H2,1-3H3. The van der Waals surface area contributed by atoms with Gasteiger partial charge in [-0.25, -0.2) is 0 Å². The molecule has 0 radical (unpaired) electrons. The Morgan fingerprint density at radius 3 is 2.46 bits per heavy atom. The molecule has 1 fully saturated rings. The number of para-hydroxylation sites is 1. The molecule has 0 spiro atoms. The molecule has 1 unspecified atom stereocenters. The highest BCUT2D eigenvalue weighted by Gasteiger charge is 2.30. The van der Waals surface area contributed by atoms with Gasteiger partial charge < -0.3 is 9.80 Å². The molecule has 1 aromatic rings. The van der Waals surface area contributed by atoms with Crippen LogP contribution >= 0.6 is 0 Å². The van der Waals surface area contributed by atoms with E-state index in [9.17, 15) is 4.79 Å². The molecule has 2 rings (SSSR count). The maximum atomic E-state index is 13.0. The van der Waals surface area contributed by atoms with E-state index in [-0.39, 0.29) is 11.9 Å². The minimum Gasteiger partial charge on any atom is -0.310 e. The Hall–Kier alpha value is -1.90. The van der Waals surface area contributed by atoms with Crippen LogP contribution in [0.2, 0.25) is 0 Å². The van der Waals surface area contributed by atoms with Gasteiger partial charge in [-0.3, -0.25) is 9.69 Å². The minimum atomic E-state index is -0.160. The molecule has 1 aliphatic heterocycles. The smallest absolute Gasteiger partial charge is 0.244 e. The summed E-state index contributed by atoms with van der Waals surface area (Å²) >= 11 is 0. The summed E-state index contributed by atoms with van der Waals surface area (Å²) in [5.74, 6) is 0.0831. The van der Waals surface area contributed by atoms with Crippen molar-refractivity contribution in [1.29, 1.82) is 5.26 Å². The summed E-state index contributed by atoms with van der Waals surface area (Å²) in [4.78, 5) is 19.3. The Balaban J connectivity index is 2.05. The second-order valence-electron chi connectivity index (χ2n) is 6.64. The summed E-state index contributed by atoms with van der Waals surface area (Å²) < 4.78 is 0. The van der Waals surface area contributed by atoms with Crippen LogP contribution in [0.3, 0.4) is 0 Å². The van der Waals surface area contributed by atoms with Crippen LogP contribution in [-0.4, -0.2) is 61.5 Å². The highest BCUT2D eigenvalue weighted by Crippen LogP contribution is 2.20. The van der Waals surface area contributed by atoms with Gasteiger partial charge in [-0.2, -0.15) is 5.26 Å². The Morgan fingerprint density at radius 2 is 1.92 bits per heavy atom. The summed E-state index contributed by atoms with van der Waals surface area (Å²) in [6, 6.07) is 12.2. The number of amides is 1. The predicted octanol–water partition coefficient (Wildman–Crippen LogP) is 2.35. The van der Waals surface area contributed by atoms with E-state index in [0.717, 1.165) is 31.6 Å². The lowest BCUT2D eigenvalue weighted by atomic mass is 10.0. The van der Waals surface area contributed by atoms with Gasteiger partial charge in [-0.1, -0.05) is 18.2 Å². The van der Waals surface area contributed by atoms with Crippen molar-refractivity contribution in [1.82, 2.24) is 9.80 Å². The Labute approximate surface area is 145 Å². The molecule has 130 valence electrons. The number of piperidine rings is 1. The van der Waals surface area contributed by atoms with Crippen LogP contribution in [0.15, 0.2) is 30.3 Å². The molecule has 1 heterocycles. The van der Waals surface area contributed by atoms with Gasteiger partial charge in [0.15, 0.2) is 0 Å². The second kappa shape index (κ2) is 8.81. The molecule has 0 N–H and O–H groups in total. The average Bonchev–Trinajstić information content (AvgIpc) is 2.62. The fraction of sp³-hybridized carbons (Fsp3) is 0.579. The molecule has 1 atom stereocenters. The highest BCUT2D eigenvalue weighted by atomic mass is 16.2. The number of anilines is 1. The van der Waals surface area contributed by atoms with Crippen molar-refractivity contribution in [3.05, 3.63) is 30.3 Å². The Morgan fingerprint density at radius 1 is 1.29 bits per heavy atom. The average molecular weight is 328 g/mol. The number of nitriles is 1. The predicted molar refractivity (Wildman–Crippen MR) is 96.8 cm³/mol. The van der Waals surface area contributed by atoms with E-state index < -0.39 is 0 Å². The topological polar surface area (TPSA) is 50.6 Å². The van der Waals surface area contributed by atoms with E-state index in [0.29, 0.717) is 19.0 Å². The van der Waals surface area contributed by atoms with Crippen LogP contribution < -0.4 is 4.90 Å². The first kappa shape index (κ1) is 18.4. The molecule has 1 amide bonds. The fourth-order valence-corrected chi connectivity index (χ4v) is 3.31. The van der Waals surface area contributed by atoms with Crippen LogP contribution in [-0.2, 0) is 4.79 Å². The lowest BCUT2D eigenvalue weighted by molar-refractivity contribution is -0.123. The summed E-state index contributed by atoms with van der Waals surface area (Å²) in [7, 11) is 4.24. The van der Waals surface area contributed by atoms with Crippen molar-refractivity contribution in [3.8, 4) is 6.07 Å². The van der Waals surface area contributed by atoms with Gasteiger partial charge in [0.1, 0.15) is 0 Å². The van der Waals surface area contributed by atoms with E-state index in [1.165, 1.54) is 0 Å². The molecule has 0 bridgehead atoms. The Kier molecular flexibility index (Phi) is 6.77. The third-order valence-electron chi connectivity index (χ3n) is 4.92. The molecule has 1 aliphatic rings. The van der Waals surface area contributed by atoms with Crippen LogP contribution in [0.5, 0.6) is 0 Å². The molecule has 5 nitrogen and oxygen atoms in total. The third kappa shape index (κ3) is 4.56. The van der Waals surface area contributed by atoms with E-state index in [4.69, 9.17) is 5.26 Å². The van der Waals surface area contributed by atoms with Gasteiger partial charge in [-0.05, 0) is 46.0 Å². The van der Waals surface area contributed by atoms with Crippen LogP contribution in [0.25, 0.3) is 0 Å². The molecular weight excluding hydrogens is 300 g/mol. The SMILES string of the molecule is CC(C(=O)N(CCC#N)c1ccccc1)N1CCC(N(C)C)CC1. The molecule has 0 aliphatic carbocycles. The number of rotatable bonds is 6. The Bertz CT molecular complexity index is 558. The van der Waals surface area contributed by atoms with Crippen molar-refractivity contribution in [2.75, 3.05) is 38.6 Å². The van der Waals surface area contributed by atoms with Crippen LogP contribution in [0, 0.1) is 11.3 Å². The lowest BCUT2D eigenvalue weighted by Gasteiger charge is -2.39. The molecule has 1 saturated heterocycles. The largest absolute Gasteiger partial charge is 0.310 e. The molecule has 0 saturated carbocycles. The first-order valence-electron chi connectivity index (χ1n) is 8.68. The zero-order valence-corrected chi connectivity index (χ0v) is 15.0. The maximum absolute atomic E-state index is 13.0. The monoisotopic (exact) mass is 328 g/mol. The van der Waals surface area contributed by atoms with Crippen LogP contribution in [0.1, 0.15) is 26.2 Å². The van der Waals surface area contributed by atoms with Crippen molar-refractivity contribution in [2.24, 2.45) is 0 Å². The number of carbonyl (C=O) groups excluding carboxylic acids is 1. The van der Waals surface area contributed by atoms with E-state index in [1.54, 1.807) is 4.90 Å². The first-order chi connectivity index (χ1) is 11.5. The quantitative estimate of drug-likeness (QED) is 0.804. The van der Waals surface area contributed by atoms with Crippen molar-refractivity contribution in [2.45, 2.75) is 38.3 Å². The first-order valence-corrected chi connectivity index (χ1v) is 8.68. The summed E-state index contributed by atoms with van der Waals surface area (Å²) in [6.07, 6.45) is 2.53. The number of likely N-dealkylation sites (tertiary alicyclic amines) is 1. The zero-order chi connectivity index (χ0) is 17.5. The third-order valence-corrected chi connectivity index (χ3v) is 4.92. The molecular formula is C19H28N4O. The van der Waals surface area contributed by atoms with E-state index >= 15 is 0 Å². The molecule has 0 aromatic heterocycles. The van der Waals surface area contributed by atoms with Gasteiger partial charge >= 0.3 is 0 Å². The lowest BCUT2D eigenvalue weighted by Crippen LogP contribution is -2.52. The highest BCUT2D eigenvalue weighted by molar-refractivity contribution is 5.96. The maximum Gasteiger partial charge on any atom is 0.244 e. The van der Waals surface area contributed by atoms with Crippen molar-refractivity contribution >= 4 is 11.6 Å². The normalized spacial score (nSPS) is 17.5. The fourth-order valence-electron chi connectivity index (χ4n) is 3.31. The zero-order valence-electron chi connectivity index (χ0n) is 15.0. The summed E-state index contributed by atoms with van der Waals surface area (Å²) in [6.45, 7) is 4.31. The van der Waals surface area contributed by atoms with Gasteiger partial charge in [-0.15, -0.1) is 0 Å². The number of hydrogen-bond acceptors (Lipinski definition) is 4. The van der Waals surface area contributed by atoms with Crippen molar-refractivity contribution in [3.63, 3.8) is 0 Å². The minimum absolute atomic E-state index is 0.0831.